The second-order valence-electron chi connectivity index (χ2n) is 8.54. The molecule has 3 aromatic carbocycles. The average molecular weight is 463 g/mol. The molecule has 35 heavy (non-hydrogen) atoms. The van der Waals surface area contributed by atoms with Crippen molar-refractivity contribution in [1.29, 1.82) is 5.26 Å². The third kappa shape index (κ3) is 5.04. The molecule has 0 spiro atoms. The number of fused-ring (bicyclic) bond motifs is 1. The van der Waals surface area contributed by atoms with E-state index in [9.17, 15) is 10.1 Å². The zero-order chi connectivity index (χ0) is 24.0. The summed E-state index contributed by atoms with van der Waals surface area (Å²) in [6.07, 6.45) is 2.92. The molecule has 0 saturated carbocycles. The molecule has 0 fully saturated rings. The number of carbonyl (C=O) groups is 1. The molecule has 0 bridgehead atoms. The minimum Gasteiger partial charge on any atom is -0.489 e. The van der Waals surface area contributed by atoms with Crippen LogP contribution in [-0.2, 0) is 13.2 Å². The molecule has 1 aliphatic rings. The van der Waals surface area contributed by atoms with Crippen molar-refractivity contribution in [3.05, 3.63) is 120 Å². The first-order valence-corrected chi connectivity index (χ1v) is 11.7. The van der Waals surface area contributed by atoms with Crippen LogP contribution in [0.15, 0.2) is 97.2 Å². The Balaban J connectivity index is 1.39. The minimum absolute atomic E-state index is 0.191. The molecule has 0 saturated heterocycles. The minimum atomic E-state index is -0.241. The topological polar surface area (TPSA) is 70.3 Å². The number of carbonyl (C=O) groups excluding carboxylic acids is 1. The van der Waals surface area contributed by atoms with Crippen molar-refractivity contribution in [2.24, 2.45) is 0 Å². The molecule has 6 heteroatoms. The fraction of sp³-hybridized carbons (Fsp3) is 0.172. The van der Waals surface area contributed by atoms with Crippen LogP contribution in [0.2, 0.25) is 0 Å². The van der Waals surface area contributed by atoms with Gasteiger partial charge in [0, 0.05) is 30.7 Å². The van der Waals surface area contributed by atoms with Gasteiger partial charge in [0.05, 0.1) is 17.7 Å². The first-order chi connectivity index (χ1) is 17.2. The molecule has 1 atom stereocenters. The van der Waals surface area contributed by atoms with Gasteiger partial charge in [-0.3, -0.25) is 0 Å². The monoisotopic (exact) mass is 462 g/mol. The van der Waals surface area contributed by atoms with Crippen molar-refractivity contribution < 1.29 is 9.53 Å². The van der Waals surface area contributed by atoms with Gasteiger partial charge in [-0.1, -0.05) is 48.5 Å². The van der Waals surface area contributed by atoms with Gasteiger partial charge in [0.25, 0.3) is 0 Å². The zero-order valence-electron chi connectivity index (χ0n) is 19.3. The normalized spacial score (nSPS) is 14.9. The molecular weight excluding hydrogens is 436 g/mol. The van der Waals surface area contributed by atoms with Crippen molar-refractivity contribution in [3.63, 3.8) is 0 Å². The van der Waals surface area contributed by atoms with E-state index >= 15 is 0 Å². The number of amides is 2. The highest BCUT2D eigenvalue weighted by atomic mass is 16.5. The van der Waals surface area contributed by atoms with Crippen molar-refractivity contribution >= 4 is 11.7 Å². The number of hydrogen-bond acceptors (Lipinski definition) is 3. The second-order valence-corrected chi connectivity index (χ2v) is 8.54. The first-order valence-electron chi connectivity index (χ1n) is 11.7. The van der Waals surface area contributed by atoms with E-state index in [0.29, 0.717) is 24.4 Å². The smallest absolute Gasteiger partial charge is 0.322 e. The molecule has 5 rings (SSSR count). The molecule has 2 heterocycles. The number of aromatic nitrogens is 1. The molecule has 0 radical (unpaired) electrons. The summed E-state index contributed by atoms with van der Waals surface area (Å²) in [5, 5.41) is 12.2. The van der Waals surface area contributed by atoms with Crippen molar-refractivity contribution in [2.75, 3.05) is 11.9 Å². The van der Waals surface area contributed by atoms with Crippen LogP contribution in [0, 0.1) is 11.3 Å². The number of aryl methyl sites for hydroxylation is 1. The summed E-state index contributed by atoms with van der Waals surface area (Å²) >= 11 is 0. The molecule has 6 nitrogen and oxygen atoms in total. The Bertz CT molecular complexity index is 1340. The Morgan fingerprint density at radius 3 is 2.60 bits per heavy atom. The molecule has 4 aromatic rings. The maximum atomic E-state index is 13.5. The van der Waals surface area contributed by atoms with E-state index in [4.69, 9.17) is 4.74 Å². The van der Waals surface area contributed by atoms with Crippen molar-refractivity contribution in [1.82, 2.24) is 9.47 Å². The van der Waals surface area contributed by atoms with Crippen LogP contribution in [-0.4, -0.2) is 22.0 Å². The highest BCUT2D eigenvalue weighted by Crippen LogP contribution is 2.33. The van der Waals surface area contributed by atoms with Crippen LogP contribution in [0.4, 0.5) is 10.5 Å². The van der Waals surface area contributed by atoms with E-state index in [1.165, 1.54) is 0 Å². The number of ether oxygens (including phenoxy) is 1. The van der Waals surface area contributed by atoms with Crippen LogP contribution < -0.4 is 10.1 Å². The number of nitrogens with zero attached hydrogens (tertiary/aromatic N) is 3. The maximum absolute atomic E-state index is 13.5. The van der Waals surface area contributed by atoms with Gasteiger partial charge in [-0.05, 0) is 60.0 Å². The molecular formula is C29H26N4O2. The number of hydrogen-bond donors (Lipinski definition) is 1. The Kier molecular flexibility index (Phi) is 6.49. The molecule has 2 amide bonds. The quantitative estimate of drug-likeness (QED) is 0.397. The van der Waals surface area contributed by atoms with E-state index in [1.807, 2.05) is 65.6 Å². The Labute approximate surface area is 205 Å². The van der Waals surface area contributed by atoms with Crippen LogP contribution in [0.1, 0.15) is 34.8 Å². The summed E-state index contributed by atoms with van der Waals surface area (Å²) in [7, 11) is 0. The lowest BCUT2D eigenvalue weighted by Gasteiger charge is -2.31. The molecule has 1 aliphatic heterocycles. The first kappa shape index (κ1) is 22.3. The summed E-state index contributed by atoms with van der Waals surface area (Å²) in [4.78, 5) is 15.3. The number of benzene rings is 3. The fourth-order valence-electron chi connectivity index (χ4n) is 4.50. The summed E-state index contributed by atoms with van der Waals surface area (Å²) in [5.41, 5.74) is 4.31. The van der Waals surface area contributed by atoms with Gasteiger partial charge in [-0.2, -0.15) is 5.26 Å². The summed E-state index contributed by atoms with van der Waals surface area (Å²) in [5.74, 6) is 0.783. The molecule has 1 aromatic heterocycles. The van der Waals surface area contributed by atoms with E-state index in [2.05, 4.69) is 28.2 Å². The van der Waals surface area contributed by atoms with Crippen LogP contribution in [0.25, 0.3) is 0 Å². The number of rotatable bonds is 5. The lowest BCUT2D eigenvalue weighted by molar-refractivity contribution is 0.199. The Morgan fingerprint density at radius 2 is 1.80 bits per heavy atom. The van der Waals surface area contributed by atoms with Gasteiger partial charge >= 0.3 is 6.03 Å². The van der Waals surface area contributed by atoms with Gasteiger partial charge in [0.1, 0.15) is 12.4 Å². The van der Waals surface area contributed by atoms with E-state index < -0.39 is 0 Å². The summed E-state index contributed by atoms with van der Waals surface area (Å²) in [6, 6.07) is 30.8. The van der Waals surface area contributed by atoms with Gasteiger partial charge in [0.2, 0.25) is 0 Å². The molecule has 1 unspecified atom stereocenters. The lowest BCUT2D eigenvalue weighted by atomic mass is 10.0. The van der Waals surface area contributed by atoms with Gasteiger partial charge in [-0.25, -0.2) is 4.79 Å². The molecule has 174 valence electrons. The highest BCUT2D eigenvalue weighted by Gasteiger charge is 2.31. The van der Waals surface area contributed by atoms with E-state index in [-0.39, 0.29) is 12.1 Å². The average Bonchev–Trinajstić information content (AvgIpc) is 3.28. The van der Waals surface area contributed by atoms with Gasteiger partial charge in [-0.15, -0.1) is 0 Å². The Hall–Kier alpha value is -4.50. The number of nitriles is 1. The third-order valence-corrected chi connectivity index (χ3v) is 6.20. The van der Waals surface area contributed by atoms with E-state index in [1.54, 1.807) is 24.3 Å². The largest absolute Gasteiger partial charge is 0.489 e. The van der Waals surface area contributed by atoms with Gasteiger partial charge < -0.3 is 19.5 Å². The number of anilines is 1. The molecule has 0 aliphatic carbocycles. The van der Waals surface area contributed by atoms with E-state index in [0.717, 1.165) is 35.5 Å². The third-order valence-electron chi connectivity index (χ3n) is 6.20. The van der Waals surface area contributed by atoms with Crippen molar-refractivity contribution in [2.45, 2.75) is 25.6 Å². The summed E-state index contributed by atoms with van der Waals surface area (Å²) in [6.45, 7) is 1.97. The number of urea groups is 1. The summed E-state index contributed by atoms with van der Waals surface area (Å²) < 4.78 is 8.18. The predicted molar refractivity (Wildman–Crippen MR) is 135 cm³/mol. The van der Waals surface area contributed by atoms with Crippen LogP contribution in [0.5, 0.6) is 5.75 Å². The predicted octanol–water partition coefficient (Wildman–Crippen LogP) is 5.97. The SMILES string of the molecule is N#Cc1cccc(NC(=O)N2CCCn3cccc3C2c2ccc(OCc3ccccc3)cc2)c1. The Morgan fingerprint density at radius 1 is 0.971 bits per heavy atom. The van der Waals surface area contributed by atoms with Gasteiger partial charge in [0.15, 0.2) is 0 Å². The van der Waals surface area contributed by atoms with Crippen molar-refractivity contribution in [3.8, 4) is 11.8 Å². The number of nitrogens with one attached hydrogen (secondary N) is 1. The maximum Gasteiger partial charge on any atom is 0.322 e. The zero-order valence-corrected chi connectivity index (χ0v) is 19.3. The fourth-order valence-corrected chi connectivity index (χ4v) is 4.50. The van der Waals surface area contributed by atoms with Crippen LogP contribution in [0.3, 0.4) is 0 Å². The molecule has 1 N–H and O–H groups in total. The second kappa shape index (κ2) is 10.2. The lowest BCUT2D eigenvalue weighted by Crippen LogP contribution is -2.38. The standard InChI is InChI=1S/C29H26N4O2/c30-20-23-9-4-10-25(19-23)31-29(34)33-18-6-17-32-16-5-11-27(32)28(33)24-12-14-26(15-13-24)35-21-22-7-2-1-3-8-22/h1-5,7-16,19,28H,6,17-18,21H2,(H,31,34). The highest BCUT2D eigenvalue weighted by molar-refractivity contribution is 5.90. The van der Waals surface area contributed by atoms with Crippen LogP contribution >= 0.6 is 0 Å².